The number of benzene rings is 3. The molecule has 0 saturated carbocycles. The normalized spacial score (nSPS) is 14.3. The standard InChI is InChI=1S/C34H37ClF3N5O6/c1-33(2,3)49-30(44)6-5-13-47-29-14-22(35)8-10-27(29)31(41-23-15-24(17-26(16-23)46-4)43-20-39-19-40-43)32(45)42-12-11-21-7-9-25(18-28(21)42)48-34(36,37)38/h7-10,14-20,30-31,41,44H,5-6,11-13H2,1-4H3. The van der Waals surface area contributed by atoms with E-state index in [1.165, 1.54) is 47.5 Å². The second-order valence-corrected chi connectivity index (χ2v) is 12.7. The van der Waals surface area contributed by atoms with Gasteiger partial charge in [-0.2, -0.15) is 5.10 Å². The van der Waals surface area contributed by atoms with Gasteiger partial charge in [-0.1, -0.05) is 23.7 Å². The Bertz CT molecular complexity index is 1750. The first-order valence-electron chi connectivity index (χ1n) is 15.5. The predicted octanol–water partition coefficient (Wildman–Crippen LogP) is 6.86. The lowest BCUT2D eigenvalue weighted by molar-refractivity contribution is -0.274. The number of hydrogen-bond donors (Lipinski definition) is 2. The lowest BCUT2D eigenvalue weighted by Crippen LogP contribution is -2.37. The van der Waals surface area contributed by atoms with Crippen LogP contribution >= 0.6 is 11.6 Å². The molecule has 0 saturated heterocycles. The van der Waals surface area contributed by atoms with Crippen molar-refractivity contribution in [3.05, 3.63) is 83.4 Å². The number of nitrogens with one attached hydrogen (secondary N) is 1. The number of aliphatic hydroxyl groups is 1. The summed E-state index contributed by atoms with van der Waals surface area (Å²) in [6, 6.07) is 12.9. The van der Waals surface area contributed by atoms with Gasteiger partial charge in [-0.15, -0.1) is 13.2 Å². The number of carbonyl (C=O) groups excluding carboxylic acids is 1. The molecule has 1 aliphatic heterocycles. The van der Waals surface area contributed by atoms with Gasteiger partial charge in [-0.05, 0) is 63.4 Å². The van der Waals surface area contributed by atoms with Crippen LogP contribution in [0.15, 0.2) is 67.3 Å². The number of nitrogens with zero attached hydrogens (tertiary/aromatic N) is 4. The average molecular weight is 704 g/mol. The van der Waals surface area contributed by atoms with E-state index >= 15 is 0 Å². The highest BCUT2D eigenvalue weighted by Crippen LogP contribution is 2.39. The predicted molar refractivity (Wildman–Crippen MR) is 176 cm³/mol. The zero-order chi connectivity index (χ0) is 35.3. The van der Waals surface area contributed by atoms with Crippen molar-refractivity contribution in [2.24, 2.45) is 0 Å². The van der Waals surface area contributed by atoms with Crippen molar-refractivity contribution in [3.63, 3.8) is 0 Å². The smallest absolute Gasteiger partial charge is 0.497 e. The number of aromatic nitrogens is 3. The fraction of sp³-hybridized carbons (Fsp3) is 0.382. The van der Waals surface area contributed by atoms with Gasteiger partial charge in [0.25, 0.3) is 5.91 Å². The summed E-state index contributed by atoms with van der Waals surface area (Å²) in [5.41, 5.74) is 1.95. The molecule has 3 aromatic carbocycles. The maximum absolute atomic E-state index is 14.6. The Balaban J connectivity index is 1.49. The summed E-state index contributed by atoms with van der Waals surface area (Å²) in [6.45, 7) is 5.92. The molecule has 15 heteroatoms. The van der Waals surface area contributed by atoms with Gasteiger partial charge in [0.1, 0.15) is 35.9 Å². The highest BCUT2D eigenvalue weighted by atomic mass is 35.5. The number of rotatable bonds is 13. The highest BCUT2D eigenvalue weighted by molar-refractivity contribution is 6.30. The molecule has 0 bridgehead atoms. The first kappa shape index (κ1) is 35.8. The van der Waals surface area contributed by atoms with Crippen LogP contribution in [0.4, 0.5) is 24.5 Å². The summed E-state index contributed by atoms with van der Waals surface area (Å²) in [5, 5.41) is 18.1. The Morgan fingerprint density at radius 3 is 2.57 bits per heavy atom. The third-order valence-corrected chi connectivity index (χ3v) is 7.68. The molecule has 4 aromatic rings. The van der Waals surface area contributed by atoms with Crippen LogP contribution in [0.5, 0.6) is 17.2 Å². The van der Waals surface area contributed by atoms with Crippen molar-refractivity contribution >= 4 is 28.9 Å². The number of alkyl halides is 3. The van der Waals surface area contributed by atoms with Crippen molar-refractivity contribution in [2.45, 2.75) is 64.3 Å². The number of ether oxygens (including phenoxy) is 4. The summed E-state index contributed by atoms with van der Waals surface area (Å²) in [5.74, 6) is -0.133. The number of halogens is 4. The van der Waals surface area contributed by atoms with E-state index in [9.17, 15) is 23.1 Å². The minimum absolute atomic E-state index is 0.166. The van der Waals surface area contributed by atoms with Gasteiger partial charge in [0.15, 0.2) is 6.29 Å². The number of fused-ring (bicyclic) bond motifs is 1. The van der Waals surface area contributed by atoms with Gasteiger partial charge in [0, 0.05) is 47.4 Å². The molecule has 0 radical (unpaired) electrons. The van der Waals surface area contributed by atoms with Gasteiger partial charge in [-0.25, -0.2) is 9.67 Å². The van der Waals surface area contributed by atoms with Crippen molar-refractivity contribution < 1.29 is 42.0 Å². The molecule has 2 unspecified atom stereocenters. The third kappa shape index (κ3) is 9.55. The quantitative estimate of drug-likeness (QED) is 0.114. The Morgan fingerprint density at radius 2 is 1.88 bits per heavy atom. The van der Waals surface area contributed by atoms with Gasteiger partial charge in [0.05, 0.1) is 30.7 Å². The van der Waals surface area contributed by atoms with Crippen molar-refractivity contribution in [3.8, 4) is 22.9 Å². The van der Waals surface area contributed by atoms with Gasteiger partial charge in [0.2, 0.25) is 0 Å². The Kier molecular flexibility index (Phi) is 10.9. The van der Waals surface area contributed by atoms with Crippen LogP contribution in [-0.2, 0) is 16.0 Å². The molecule has 49 heavy (non-hydrogen) atoms. The Labute approximate surface area is 286 Å². The molecule has 1 aliphatic rings. The second kappa shape index (κ2) is 14.9. The zero-order valence-electron chi connectivity index (χ0n) is 27.3. The van der Waals surface area contributed by atoms with Crippen molar-refractivity contribution in [2.75, 3.05) is 30.5 Å². The van der Waals surface area contributed by atoms with Crippen LogP contribution < -0.4 is 24.4 Å². The van der Waals surface area contributed by atoms with Crippen LogP contribution in [-0.4, -0.2) is 64.3 Å². The first-order chi connectivity index (χ1) is 23.2. The van der Waals surface area contributed by atoms with Crippen LogP contribution in [0, 0.1) is 0 Å². The molecule has 2 N–H and O–H groups in total. The molecule has 2 atom stereocenters. The Hall–Kier alpha value is -4.53. The molecular formula is C34H37ClF3N5O6. The minimum Gasteiger partial charge on any atom is -0.497 e. The van der Waals surface area contributed by atoms with E-state index in [1.807, 2.05) is 20.8 Å². The SMILES string of the molecule is COc1cc(NC(C(=O)N2CCc3ccc(OC(F)(F)F)cc32)c2ccc(Cl)cc2OCCCC(O)OC(C)(C)C)cc(-n2cncn2)c1. The molecule has 5 rings (SSSR count). The molecule has 0 aliphatic carbocycles. The number of anilines is 2. The molecule has 1 aromatic heterocycles. The van der Waals surface area contributed by atoms with Gasteiger partial charge in [-0.3, -0.25) is 4.79 Å². The van der Waals surface area contributed by atoms with Crippen molar-refractivity contribution in [1.82, 2.24) is 14.8 Å². The van der Waals surface area contributed by atoms with Crippen molar-refractivity contribution in [1.29, 1.82) is 0 Å². The van der Waals surface area contributed by atoms with Crippen LogP contribution in [0.1, 0.15) is 50.8 Å². The van der Waals surface area contributed by atoms with Gasteiger partial charge >= 0.3 is 6.36 Å². The third-order valence-electron chi connectivity index (χ3n) is 7.45. The number of amides is 1. The fourth-order valence-corrected chi connectivity index (χ4v) is 5.58. The molecule has 1 amide bonds. The molecule has 0 fully saturated rings. The summed E-state index contributed by atoms with van der Waals surface area (Å²) < 4.78 is 62.2. The summed E-state index contributed by atoms with van der Waals surface area (Å²) >= 11 is 6.39. The number of methoxy groups -OCH3 is 1. The largest absolute Gasteiger partial charge is 0.573 e. The second-order valence-electron chi connectivity index (χ2n) is 12.3. The van der Waals surface area contributed by atoms with E-state index in [4.69, 9.17) is 25.8 Å². The number of aliphatic hydroxyl groups excluding tert-OH is 1. The first-order valence-corrected chi connectivity index (χ1v) is 15.9. The lowest BCUT2D eigenvalue weighted by atomic mass is 10.0. The maximum atomic E-state index is 14.6. The van der Waals surface area contributed by atoms with Gasteiger partial charge < -0.3 is 34.3 Å². The lowest BCUT2D eigenvalue weighted by Gasteiger charge is -2.28. The summed E-state index contributed by atoms with van der Waals surface area (Å²) in [4.78, 5) is 20.0. The molecular weight excluding hydrogens is 667 g/mol. The van der Waals surface area contributed by atoms with Crippen LogP contribution in [0.25, 0.3) is 5.69 Å². The molecule has 262 valence electrons. The van der Waals surface area contributed by atoms with Crippen LogP contribution in [0.3, 0.4) is 0 Å². The Morgan fingerprint density at radius 1 is 1.08 bits per heavy atom. The van der Waals surface area contributed by atoms with E-state index in [0.29, 0.717) is 64.0 Å². The minimum atomic E-state index is -4.90. The molecule has 2 heterocycles. The number of hydrogen-bond acceptors (Lipinski definition) is 9. The van der Waals surface area contributed by atoms with E-state index in [0.717, 1.165) is 0 Å². The highest BCUT2D eigenvalue weighted by Gasteiger charge is 2.36. The number of carbonyl (C=O) groups is 1. The van der Waals surface area contributed by atoms with E-state index in [1.54, 1.807) is 36.4 Å². The summed E-state index contributed by atoms with van der Waals surface area (Å²) in [6.07, 6.45) is -1.84. The summed E-state index contributed by atoms with van der Waals surface area (Å²) in [7, 11) is 1.50. The molecule has 0 spiro atoms. The van der Waals surface area contributed by atoms with E-state index < -0.39 is 36.0 Å². The fourth-order valence-electron chi connectivity index (χ4n) is 5.42. The average Bonchev–Trinajstić information content (AvgIpc) is 3.71. The zero-order valence-corrected chi connectivity index (χ0v) is 28.1. The monoisotopic (exact) mass is 703 g/mol. The van der Waals surface area contributed by atoms with E-state index in [2.05, 4.69) is 20.1 Å². The van der Waals surface area contributed by atoms with E-state index in [-0.39, 0.29) is 13.2 Å². The molecule has 11 nitrogen and oxygen atoms in total. The maximum Gasteiger partial charge on any atom is 0.573 e. The van der Waals surface area contributed by atoms with Crippen LogP contribution in [0.2, 0.25) is 5.02 Å². The topological polar surface area (TPSA) is 120 Å².